The van der Waals surface area contributed by atoms with Gasteiger partial charge in [0.15, 0.2) is 0 Å². The Morgan fingerprint density at radius 3 is 1.62 bits per heavy atom. The summed E-state index contributed by atoms with van der Waals surface area (Å²) in [4.78, 5) is 26.2. The van der Waals surface area contributed by atoms with Gasteiger partial charge in [-0.05, 0) is 50.5 Å². The Balaban J connectivity index is 1.89. The van der Waals surface area contributed by atoms with Gasteiger partial charge in [0, 0.05) is 0 Å². The molecule has 0 aliphatic heterocycles. The SMILES string of the molecule is C/C=C/C(=O)N(C/C=C/COC(c1ccccc1)(c1ccccc1)c1ccccc1)C(=O)OC(C)(C)C. The van der Waals surface area contributed by atoms with Crippen LogP contribution in [0, 0.1) is 0 Å². The molecule has 0 fully saturated rings. The first-order chi connectivity index (χ1) is 17.8. The van der Waals surface area contributed by atoms with Crippen molar-refractivity contribution in [2.24, 2.45) is 0 Å². The Morgan fingerprint density at radius 2 is 1.22 bits per heavy atom. The first-order valence-corrected chi connectivity index (χ1v) is 12.4. The maximum absolute atomic E-state index is 12.6. The topological polar surface area (TPSA) is 55.8 Å². The summed E-state index contributed by atoms with van der Waals surface area (Å²) in [6.45, 7) is 7.34. The molecule has 0 N–H and O–H groups in total. The molecule has 0 spiro atoms. The van der Waals surface area contributed by atoms with E-state index in [0.29, 0.717) is 0 Å². The fraction of sp³-hybridized carbons (Fsp3) is 0.250. The Hall–Kier alpha value is -3.96. The second-order valence-corrected chi connectivity index (χ2v) is 9.49. The lowest BCUT2D eigenvalue weighted by molar-refractivity contribution is -0.124. The summed E-state index contributed by atoms with van der Waals surface area (Å²) in [7, 11) is 0. The Kier molecular flexibility index (Phi) is 9.58. The number of nitrogens with zero attached hydrogens (tertiary/aromatic N) is 1. The van der Waals surface area contributed by atoms with E-state index in [4.69, 9.17) is 9.47 Å². The molecule has 0 radical (unpaired) electrons. The molecule has 192 valence electrons. The molecule has 0 saturated carbocycles. The molecule has 3 aromatic rings. The van der Waals surface area contributed by atoms with Crippen molar-refractivity contribution >= 4 is 12.0 Å². The van der Waals surface area contributed by atoms with Crippen LogP contribution in [-0.2, 0) is 19.9 Å². The van der Waals surface area contributed by atoms with E-state index in [-0.39, 0.29) is 13.2 Å². The number of hydrogen-bond donors (Lipinski definition) is 0. The molecule has 5 nitrogen and oxygen atoms in total. The number of imide groups is 1. The fourth-order valence-electron chi connectivity index (χ4n) is 3.99. The van der Waals surface area contributed by atoms with Crippen LogP contribution in [0.15, 0.2) is 115 Å². The minimum Gasteiger partial charge on any atom is -0.443 e. The maximum Gasteiger partial charge on any atom is 0.417 e. The average molecular weight is 498 g/mol. The van der Waals surface area contributed by atoms with Crippen LogP contribution in [0.4, 0.5) is 4.79 Å². The minimum absolute atomic E-state index is 0.0659. The van der Waals surface area contributed by atoms with E-state index < -0.39 is 23.2 Å². The maximum atomic E-state index is 12.6. The first-order valence-electron chi connectivity index (χ1n) is 12.4. The van der Waals surface area contributed by atoms with E-state index in [2.05, 4.69) is 36.4 Å². The van der Waals surface area contributed by atoms with Crippen LogP contribution in [0.2, 0.25) is 0 Å². The van der Waals surface area contributed by atoms with E-state index in [1.54, 1.807) is 39.8 Å². The number of allylic oxidation sites excluding steroid dienone is 1. The summed E-state index contributed by atoms with van der Waals surface area (Å²) in [6.07, 6.45) is 5.83. The second-order valence-electron chi connectivity index (χ2n) is 9.49. The third-order valence-electron chi connectivity index (χ3n) is 5.58. The van der Waals surface area contributed by atoms with Gasteiger partial charge in [-0.25, -0.2) is 9.69 Å². The molecule has 37 heavy (non-hydrogen) atoms. The van der Waals surface area contributed by atoms with Gasteiger partial charge in [-0.3, -0.25) is 4.79 Å². The van der Waals surface area contributed by atoms with Crippen molar-refractivity contribution in [3.8, 4) is 0 Å². The highest BCUT2D eigenvalue weighted by atomic mass is 16.6. The van der Waals surface area contributed by atoms with Gasteiger partial charge in [-0.1, -0.05) is 109 Å². The van der Waals surface area contributed by atoms with Crippen LogP contribution in [-0.4, -0.2) is 35.7 Å². The highest BCUT2D eigenvalue weighted by Gasteiger charge is 2.37. The number of ether oxygens (including phenoxy) is 2. The number of carbonyl (C=O) groups is 2. The lowest BCUT2D eigenvalue weighted by Crippen LogP contribution is -2.40. The predicted molar refractivity (Wildman–Crippen MR) is 147 cm³/mol. The second kappa shape index (κ2) is 12.8. The fourth-order valence-corrected chi connectivity index (χ4v) is 3.99. The third kappa shape index (κ3) is 7.28. The van der Waals surface area contributed by atoms with E-state index in [9.17, 15) is 9.59 Å². The molecule has 0 saturated heterocycles. The molecule has 0 heterocycles. The number of rotatable bonds is 9. The standard InChI is InChI=1S/C32H35NO4/c1-5-17-29(34)33(30(35)37-31(2,3)4)24-15-16-25-36-32(26-18-9-6-10-19-26,27-20-11-7-12-21-27)28-22-13-8-14-23-28/h5-23H,24-25H2,1-4H3/b16-15+,17-5+. The zero-order chi connectivity index (χ0) is 26.7. The van der Waals surface area contributed by atoms with Gasteiger partial charge in [0.1, 0.15) is 11.2 Å². The Labute approximate surface area is 220 Å². The zero-order valence-electron chi connectivity index (χ0n) is 22.0. The molecule has 0 aliphatic carbocycles. The molecule has 2 amide bonds. The van der Waals surface area contributed by atoms with Gasteiger partial charge in [-0.2, -0.15) is 0 Å². The summed E-state index contributed by atoms with van der Waals surface area (Å²) < 4.78 is 12.1. The van der Waals surface area contributed by atoms with Crippen LogP contribution in [0.1, 0.15) is 44.4 Å². The van der Waals surface area contributed by atoms with Crippen LogP contribution in [0.5, 0.6) is 0 Å². The van der Waals surface area contributed by atoms with Crippen molar-refractivity contribution in [3.63, 3.8) is 0 Å². The summed E-state index contributed by atoms with van der Waals surface area (Å²) in [5, 5.41) is 0. The molecule has 0 aromatic heterocycles. The molecule has 0 unspecified atom stereocenters. The summed E-state index contributed by atoms with van der Waals surface area (Å²) in [5.41, 5.74) is 1.44. The van der Waals surface area contributed by atoms with Crippen molar-refractivity contribution in [2.45, 2.75) is 38.9 Å². The molecule has 0 bridgehead atoms. The van der Waals surface area contributed by atoms with Gasteiger partial charge in [0.2, 0.25) is 0 Å². The van der Waals surface area contributed by atoms with Crippen molar-refractivity contribution in [2.75, 3.05) is 13.2 Å². The lowest BCUT2D eigenvalue weighted by Gasteiger charge is -2.35. The van der Waals surface area contributed by atoms with Crippen molar-refractivity contribution < 1.29 is 19.1 Å². The Morgan fingerprint density at radius 1 is 0.757 bits per heavy atom. The number of amides is 2. The quantitative estimate of drug-likeness (QED) is 0.183. The molecular weight excluding hydrogens is 462 g/mol. The van der Waals surface area contributed by atoms with E-state index in [1.807, 2.05) is 60.7 Å². The monoisotopic (exact) mass is 497 g/mol. The van der Waals surface area contributed by atoms with Gasteiger partial charge in [0.05, 0.1) is 13.2 Å². The van der Waals surface area contributed by atoms with E-state index in [0.717, 1.165) is 21.6 Å². The highest BCUT2D eigenvalue weighted by molar-refractivity contribution is 5.98. The van der Waals surface area contributed by atoms with Crippen LogP contribution >= 0.6 is 0 Å². The van der Waals surface area contributed by atoms with Gasteiger partial charge >= 0.3 is 6.09 Å². The molecule has 5 heteroatoms. The third-order valence-corrected chi connectivity index (χ3v) is 5.58. The zero-order valence-corrected chi connectivity index (χ0v) is 22.0. The van der Waals surface area contributed by atoms with Gasteiger partial charge in [-0.15, -0.1) is 0 Å². The molecule has 0 atom stereocenters. The predicted octanol–water partition coefficient (Wildman–Crippen LogP) is 6.89. The van der Waals surface area contributed by atoms with E-state index >= 15 is 0 Å². The molecule has 0 aliphatic rings. The van der Waals surface area contributed by atoms with Crippen LogP contribution < -0.4 is 0 Å². The number of benzene rings is 3. The van der Waals surface area contributed by atoms with Crippen molar-refractivity contribution in [1.82, 2.24) is 4.90 Å². The number of hydrogen-bond acceptors (Lipinski definition) is 4. The number of carbonyl (C=O) groups excluding carboxylic acids is 2. The largest absolute Gasteiger partial charge is 0.443 e. The lowest BCUT2D eigenvalue weighted by atomic mass is 9.80. The van der Waals surface area contributed by atoms with Crippen LogP contribution in [0.25, 0.3) is 0 Å². The summed E-state index contributed by atoms with van der Waals surface area (Å²) in [5.74, 6) is -0.436. The molecule has 3 rings (SSSR count). The minimum atomic E-state index is -0.847. The molecule has 3 aromatic carbocycles. The van der Waals surface area contributed by atoms with E-state index in [1.165, 1.54) is 6.08 Å². The smallest absolute Gasteiger partial charge is 0.417 e. The Bertz CT molecular complexity index is 1100. The van der Waals surface area contributed by atoms with Crippen molar-refractivity contribution in [3.05, 3.63) is 132 Å². The highest BCUT2D eigenvalue weighted by Crippen LogP contribution is 2.40. The van der Waals surface area contributed by atoms with Crippen LogP contribution in [0.3, 0.4) is 0 Å². The first kappa shape index (κ1) is 27.6. The van der Waals surface area contributed by atoms with Gasteiger partial charge < -0.3 is 9.47 Å². The summed E-state index contributed by atoms with van der Waals surface area (Å²) >= 11 is 0. The van der Waals surface area contributed by atoms with Crippen molar-refractivity contribution in [1.29, 1.82) is 0 Å². The normalized spacial score (nSPS) is 12.1. The summed E-state index contributed by atoms with van der Waals surface area (Å²) in [6, 6.07) is 30.3. The average Bonchev–Trinajstić information content (AvgIpc) is 2.89. The van der Waals surface area contributed by atoms with Gasteiger partial charge in [0.25, 0.3) is 5.91 Å². The molecular formula is C32H35NO4.